The van der Waals surface area contributed by atoms with Gasteiger partial charge in [0.25, 0.3) is 0 Å². The molecule has 0 fully saturated rings. The average Bonchev–Trinajstić information content (AvgIpc) is 2.44. The van der Waals surface area contributed by atoms with Gasteiger partial charge in [-0.1, -0.05) is 33.8 Å². The predicted octanol–water partition coefficient (Wildman–Crippen LogP) is 5.52. The highest BCUT2D eigenvalue weighted by molar-refractivity contribution is 5.59. The van der Waals surface area contributed by atoms with E-state index in [2.05, 4.69) is 44.7 Å². The van der Waals surface area contributed by atoms with Crippen LogP contribution in [0.5, 0.6) is 0 Å². The van der Waals surface area contributed by atoms with Crippen molar-refractivity contribution in [3.8, 4) is 0 Å². The van der Waals surface area contributed by atoms with Crippen LogP contribution >= 0.6 is 0 Å². The maximum absolute atomic E-state index is 2.53. The van der Waals surface area contributed by atoms with E-state index in [1.807, 2.05) is 27.7 Å². The van der Waals surface area contributed by atoms with Crippen LogP contribution in [0.2, 0.25) is 0 Å². The molecule has 0 saturated carbocycles. The van der Waals surface area contributed by atoms with Gasteiger partial charge >= 0.3 is 0 Å². The molecular weight excluding hydrogens is 230 g/mol. The van der Waals surface area contributed by atoms with E-state index in [0.29, 0.717) is 6.04 Å². The van der Waals surface area contributed by atoms with E-state index in [9.17, 15) is 0 Å². The SMILES string of the molecule is CC.CC.Cc1cc2c(cc1C)N(C(C)C)CCC2. The second kappa shape index (κ2) is 9.01. The fourth-order valence-electron chi connectivity index (χ4n) is 2.43. The van der Waals surface area contributed by atoms with E-state index in [4.69, 9.17) is 0 Å². The molecule has 0 spiro atoms. The van der Waals surface area contributed by atoms with Crippen molar-refractivity contribution in [3.63, 3.8) is 0 Å². The number of rotatable bonds is 1. The van der Waals surface area contributed by atoms with E-state index in [1.54, 1.807) is 0 Å². The minimum absolute atomic E-state index is 0.617. The summed E-state index contributed by atoms with van der Waals surface area (Å²) in [5.41, 5.74) is 5.86. The number of anilines is 1. The van der Waals surface area contributed by atoms with Gasteiger partial charge in [0, 0.05) is 18.3 Å². The van der Waals surface area contributed by atoms with Gasteiger partial charge in [-0.25, -0.2) is 0 Å². The molecule has 1 aliphatic rings. The second-order valence-corrected chi connectivity index (χ2v) is 4.96. The molecule has 0 bridgehead atoms. The van der Waals surface area contributed by atoms with Gasteiger partial charge in [0.15, 0.2) is 0 Å². The van der Waals surface area contributed by atoms with Crippen molar-refractivity contribution in [2.45, 2.75) is 74.3 Å². The third kappa shape index (κ3) is 4.56. The van der Waals surface area contributed by atoms with Gasteiger partial charge in [0.2, 0.25) is 0 Å². The zero-order valence-corrected chi connectivity index (χ0v) is 14.3. The number of hydrogen-bond donors (Lipinski definition) is 0. The molecule has 0 radical (unpaired) electrons. The fraction of sp³-hybridized carbons (Fsp3) is 0.667. The van der Waals surface area contributed by atoms with Crippen LogP contribution in [0.15, 0.2) is 12.1 Å². The Morgan fingerprint density at radius 2 is 1.47 bits per heavy atom. The smallest absolute Gasteiger partial charge is 0.0403 e. The highest BCUT2D eigenvalue weighted by Crippen LogP contribution is 2.31. The van der Waals surface area contributed by atoms with Crippen LogP contribution in [0.1, 0.15) is 64.7 Å². The number of benzene rings is 1. The molecule has 1 heterocycles. The Kier molecular flexibility index (Phi) is 8.54. The lowest BCUT2D eigenvalue weighted by atomic mass is 9.96. The molecule has 1 heteroatoms. The minimum atomic E-state index is 0.617. The van der Waals surface area contributed by atoms with Crippen LogP contribution in [-0.4, -0.2) is 12.6 Å². The Bertz CT molecular complexity index is 366. The van der Waals surface area contributed by atoms with Crippen molar-refractivity contribution in [1.29, 1.82) is 0 Å². The van der Waals surface area contributed by atoms with Crippen LogP contribution in [0, 0.1) is 13.8 Å². The lowest BCUT2D eigenvalue weighted by molar-refractivity contribution is 0.625. The summed E-state index contributed by atoms with van der Waals surface area (Å²) in [6.45, 7) is 18.2. The molecule has 1 aromatic carbocycles. The third-order valence-corrected chi connectivity index (χ3v) is 3.47. The molecule has 0 atom stereocenters. The van der Waals surface area contributed by atoms with Crippen molar-refractivity contribution in [3.05, 3.63) is 28.8 Å². The van der Waals surface area contributed by atoms with Crippen LogP contribution in [0.4, 0.5) is 5.69 Å². The summed E-state index contributed by atoms with van der Waals surface area (Å²) in [6, 6.07) is 5.36. The molecule has 110 valence electrons. The summed E-state index contributed by atoms with van der Waals surface area (Å²) in [6.07, 6.45) is 2.55. The summed E-state index contributed by atoms with van der Waals surface area (Å²) < 4.78 is 0. The molecule has 1 aromatic rings. The van der Waals surface area contributed by atoms with Crippen LogP contribution in [-0.2, 0) is 6.42 Å². The maximum atomic E-state index is 2.53. The van der Waals surface area contributed by atoms with E-state index < -0.39 is 0 Å². The van der Waals surface area contributed by atoms with Crippen LogP contribution in [0.25, 0.3) is 0 Å². The number of fused-ring (bicyclic) bond motifs is 1. The lowest BCUT2D eigenvalue weighted by Crippen LogP contribution is -2.35. The largest absolute Gasteiger partial charge is 0.369 e. The van der Waals surface area contributed by atoms with Crippen molar-refractivity contribution in [2.24, 2.45) is 0 Å². The average molecular weight is 263 g/mol. The van der Waals surface area contributed by atoms with Gasteiger partial charge in [-0.2, -0.15) is 0 Å². The molecule has 0 aliphatic carbocycles. The first kappa shape index (κ1) is 18.0. The standard InChI is InChI=1S/C14H21N.2C2H6/c1-10(2)15-7-5-6-13-8-11(3)12(4)9-14(13)15;2*1-2/h8-10H,5-7H2,1-4H3;2*1-2H3. The van der Waals surface area contributed by atoms with Gasteiger partial charge in [0.1, 0.15) is 0 Å². The summed E-state index contributed by atoms with van der Waals surface area (Å²) in [7, 11) is 0. The van der Waals surface area contributed by atoms with E-state index >= 15 is 0 Å². The highest BCUT2D eigenvalue weighted by atomic mass is 15.2. The van der Waals surface area contributed by atoms with Crippen LogP contribution < -0.4 is 4.90 Å². The third-order valence-electron chi connectivity index (χ3n) is 3.47. The van der Waals surface area contributed by atoms with Gasteiger partial charge < -0.3 is 4.90 Å². The van der Waals surface area contributed by atoms with Gasteiger partial charge in [0.05, 0.1) is 0 Å². The fourth-order valence-corrected chi connectivity index (χ4v) is 2.43. The Morgan fingerprint density at radius 3 is 2.00 bits per heavy atom. The van der Waals surface area contributed by atoms with Gasteiger partial charge in [-0.05, 0) is 63.3 Å². The lowest BCUT2D eigenvalue weighted by Gasteiger charge is -2.35. The topological polar surface area (TPSA) is 3.24 Å². The van der Waals surface area contributed by atoms with Crippen molar-refractivity contribution in [1.82, 2.24) is 0 Å². The maximum Gasteiger partial charge on any atom is 0.0403 e. The van der Waals surface area contributed by atoms with Crippen molar-refractivity contribution >= 4 is 5.69 Å². The first-order valence-electron chi connectivity index (χ1n) is 7.96. The molecule has 0 saturated heterocycles. The monoisotopic (exact) mass is 263 g/mol. The minimum Gasteiger partial charge on any atom is -0.369 e. The summed E-state index contributed by atoms with van der Waals surface area (Å²) in [4.78, 5) is 2.53. The highest BCUT2D eigenvalue weighted by Gasteiger charge is 2.19. The van der Waals surface area contributed by atoms with E-state index in [-0.39, 0.29) is 0 Å². The first-order valence-corrected chi connectivity index (χ1v) is 7.96. The summed E-state index contributed by atoms with van der Waals surface area (Å²) >= 11 is 0. The molecule has 1 aliphatic heterocycles. The number of hydrogen-bond acceptors (Lipinski definition) is 1. The Balaban J connectivity index is 0.000000741. The molecule has 0 amide bonds. The number of nitrogens with zero attached hydrogens (tertiary/aromatic N) is 1. The second-order valence-electron chi connectivity index (χ2n) is 4.96. The molecule has 1 nitrogen and oxygen atoms in total. The normalized spacial score (nSPS) is 13.0. The Morgan fingerprint density at radius 1 is 0.947 bits per heavy atom. The molecular formula is C18H33N. The van der Waals surface area contributed by atoms with Gasteiger partial charge in [-0.3, -0.25) is 0 Å². The zero-order chi connectivity index (χ0) is 15.0. The number of aryl methyl sites for hydroxylation is 3. The predicted molar refractivity (Wildman–Crippen MR) is 89.4 cm³/mol. The van der Waals surface area contributed by atoms with Crippen molar-refractivity contribution < 1.29 is 0 Å². The van der Waals surface area contributed by atoms with Gasteiger partial charge in [-0.15, -0.1) is 0 Å². The zero-order valence-electron chi connectivity index (χ0n) is 14.3. The van der Waals surface area contributed by atoms with Crippen molar-refractivity contribution in [2.75, 3.05) is 11.4 Å². The molecule has 19 heavy (non-hydrogen) atoms. The summed E-state index contributed by atoms with van der Waals surface area (Å²) in [5.74, 6) is 0. The molecule has 0 unspecified atom stereocenters. The molecule has 0 aromatic heterocycles. The van der Waals surface area contributed by atoms with Crippen LogP contribution in [0.3, 0.4) is 0 Å². The Hall–Kier alpha value is -0.980. The molecule has 0 N–H and O–H groups in total. The first-order chi connectivity index (χ1) is 9.09. The Labute approximate surface area is 121 Å². The van der Waals surface area contributed by atoms with E-state index in [1.165, 1.54) is 41.8 Å². The van der Waals surface area contributed by atoms with E-state index in [0.717, 1.165) is 0 Å². The summed E-state index contributed by atoms with van der Waals surface area (Å²) in [5, 5.41) is 0. The molecule has 2 rings (SSSR count). The quantitative estimate of drug-likeness (QED) is 0.645.